The molecule has 0 fully saturated rings. The number of hydrogen-bond acceptors (Lipinski definition) is 2. The zero-order chi connectivity index (χ0) is 12.1. The molecule has 1 aromatic rings. The lowest BCUT2D eigenvalue weighted by Gasteiger charge is -2.20. The van der Waals surface area contributed by atoms with Gasteiger partial charge in [0.15, 0.2) is 0 Å². The van der Waals surface area contributed by atoms with Crippen molar-refractivity contribution in [1.82, 2.24) is 5.32 Å². The Hall–Kier alpha value is -1.28. The molecule has 2 N–H and O–H groups in total. The Bertz CT molecular complexity index is 360. The molecule has 0 bridgehead atoms. The van der Waals surface area contributed by atoms with Gasteiger partial charge in [0, 0.05) is 17.6 Å². The summed E-state index contributed by atoms with van der Waals surface area (Å²) < 4.78 is 0. The van der Waals surface area contributed by atoms with Crippen LogP contribution in [0.4, 0.5) is 0 Å². The zero-order valence-electron chi connectivity index (χ0n) is 10.3. The first-order valence-electron chi connectivity index (χ1n) is 5.71. The summed E-state index contributed by atoms with van der Waals surface area (Å²) in [6.45, 7) is 9.93. The van der Waals surface area contributed by atoms with Crippen molar-refractivity contribution in [2.24, 2.45) is 0 Å². The predicted octanol–water partition coefficient (Wildman–Crippen LogP) is 3.32. The van der Waals surface area contributed by atoms with Gasteiger partial charge in [-0.3, -0.25) is 0 Å². The van der Waals surface area contributed by atoms with Crippen molar-refractivity contribution in [2.45, 2.75) is 39.3 Å². The smallest absolute Gasteiger partial charge is 0.120 e. The Morgan fingerprint density at radius 2 is 2.12 bits per heavy atom. The van der Waals surface area contributed by atoms with Crippen LogP contribution >= 0.6 is 0 Å². The number of rotatable bonds is 5. The minimum Gasteiger partial charge on any atom is -0.508 e. The van der Waals surface area contributed by atoms with E-state index in [4.69, 9.17) is 0 Å². The third kappa shape index (κ3) is 3.38. The fourth-order valence-electron chi connectivity index (χ4n) is 1.86. The van der Waals surface area contributed by atoms with Crippen molar-refractivity contribution >= 4 is 0 Å². The van der Waals surface area contributed by atoms with Gasteiger partial charge in [0.05, 0.1) is 0 Å². The Morgan fingerprint density at radius 1 is 1.44 bits per heavy atom. The van der Waals surface area contributed by atoms with Gasteiger partial charge in [0.2, 0.25) is 0 Å². The first-order valence-corrected chi connectivity index (χ1v) is 5.71. The van der Waals surface area contributed by atoms with E-state index in [1.807, 2.05) is 25.1 Å². The lowest BCUT2D eigenvalue weighted by atomic mass is 10.0. The highest BCUT2D eigenvalue weighted by Gasteiger charge is 2.12. The summed E-state index contributed by atoms with van der Waals surface area (Å²) in [5.74, 6) is 0.358. The molecule has 1 rings (SSSR count). The molecule has 0 aliphatic heterocycles. The molecule has 0 aliphatic carbocycles. The fourth-order valence-corrected chi connectivity index (χ4v) is 1.86. The molecule has 0 aliphatic rings. The largest absolute Gasteiger partial charge is 0.508 e. The molecule has 0 radical (unpaired) electrons. The Kier molecular flexibility index (Phi) is 4.56. The van der Waals surface area contributed by atoms with Gasteiger partial charge < -0.3 is 10.4 Å². The Morgan fingerprint density at radius 3 is 2.75 bits per heavy atom. The van der Waals surface area contributed by atoms with Crippen molar-refractivity contribution in [1.29, 1.82) is 0 Å². The van der Waals surface area contributed by atoms with E-state index in [-0.39, 0.29) is 6.04 Å². The number of phenols is 1. The van der Waals surface area contributed by atoms with Crippen LogP contribution in [0.5, 0.6) is 5.75 Å². The summed E-state index contributed by atoms with van der Waals surface area (Å²) in [6, 6.07) is 6.20. The zero-order valence-corrected chi connectivity index (χ0v) is 10.3. The van der Waals surface area contributed by atoms with Crippen LogP contribution in [0.1, 0.15) is 37.4 Å². The van der Waals surface area contributed by atoms with Crippen LogP contribution in [0.15, 0.2) is 30.9 Å². The van der Waals surface area contributed by atoms with Crippen LogP contribution in [-0.4, -0.2) is 11.1 Å². The van der Waals surface area contributed by atoms with Gasteiger partial charge in [-0.2, -0.15) is 0 Å². The molecule has 16 heavy (non-hydrogen) atoms. The summed E-state index contributed by atoms with van der Waals surface area (Å²) in [6.07, 6.45) is 2.83. The van der Waals surface area contributed by atoms with Gasteiger partial charge in [-0.1, -0.05) is 23.8 Å². The molecule has 2 unspecified atom stereocenters. The highest BCUT2D eigenvalue weighted by Crippen LogP contribution is 2.25. The highest BCUT2D eigenvalue weighted by molar-refractivity contribution is 5.37. The average Bonchev–Trinajstić information content (AvgIpc) is 2.21. The minimum absolute atomic E-state index is 0.148. The molecule has 0 saturated carbocycles. The van der Waals surface area contributed by atoms with Gasteiger partial charge in [0.25, 0.3) is 0 Å². The topological polar surface area (TPSA) is 32.3 Å². The van der Waals surface area contributed by atoms with Crippen LogP contribution in [0, 0.1) is 6.92 Å². The lowest BCUT2D eigenvalue weighted by molar-refractivity contribution is 0.435. The van der Waals surface area contributed by atoms with E-state index in [0.717, 1.165) is 17.5 Å². The number of hydrogen-bond donors (Lipinski definition) is 2. The first kappa shape index (κ1) is 12.8. The van der Waals surface area contributed by atoms with Crippen molar-refractivity contribution in [2.75, 3.05) is 0 Å². The summed E-state index contributed by atoms with van der Waals surface area (Å²) in [4.78, 5) is 0. The van der Waals surface area contributed by atoms with Gasteiger partial charge >= 0.3 is 0 Å². The van der Waals surface area contributed by atoms with E-state index in [1.54, 1.807) is 6.07 Å². The van der Waals surface area contributed by atoms with E-state index in [2.05, 4.69) is 25.7 Å². The highest BCUT2D eigenvalue weighted by atomic mass is 16.3. The number of aromatic hydroxyl groups is 1. The maximum Gasteiger partial charge on any atom is 0.120 e. The Labute approximate surface area is 98.0 Å². The van der Waals surface area contributed by atoms with Crippen molar-refractivity contribution in [3.05, 3.63) is 42.0 Å². The maximum absolute atomic E-state index is 9.79. The minimum atomic E-state index is 0.148. The molecule has 2 heteroatoms. The molecule has 0 aromatic heterocycles. The third-order valence-corrected chi connectivity index (χ3v) is 2.70. The third-order valence-electron chi connectivity index (χ3n) is 2.70. The van der Waals surface area contributed by atoms with Crippen molar-refractivity contribution in [3.63, 3.8) is 0 Å². The number of nitrogens with one attached hydrogen (secondary N) is 1. The molecular weight excluding hydrogens is 198 g/mol. The van der Waals surface area contributed by atoms with Gasteiger partial charge in [-0.25, -0.2) is 0 Å². The fraction of sp³-hybridized carbons (Fsp3) is 0.429. The van der Waals surface area contributed by atoms with Crippen LogP contribution in [0.2, 0.25) is 0 Å². The summed E-state index contributed by atoms with van der Waals surface area (Å²) in [5.41, 5.74) is 2.12. The normalized spacial score (nSPS) is 14.4. The van der Waals surface area contributed by atoms with Gasteiger partial charge in [-0.05, 0) is 33.3 Å². The molecule has 0 saturated heterocycles. The number of aryl methyl sites for hydroxylation is 1. The first-order chi connectivity index (χ1) is 7.54. The monoisotopic (exact) mass is 219 g/mol. The van der Waals surface area contributed by atoms with E-state index in [9.17, 15) is 5.11 Å². The number of benzene rings is 1. The van der Waals surface area contributed by atoms with Crippen molar-refractivity contribution in [3.8, 4) is 5.75 Å². The lowest BCUT2D eigenvalue weighted by Crippen LogP contribution is -2.28. The second-order valence-electron chi connectivity index (χ2n) is 4.38. The van der Waals surface area contributed by atoms with Crippen LogP contribution in [0.25, 0.3) is 0 Å². The predicted molar refractivity (Wildman–Crippen MR) is 68.7 cm³/mol. The van der Waals surface area contributed by atoms with Gasteiger partial charge in [0.1, 0.15) is 5.75 Å². The maximum atomic E-state index is 9.79. The molecule has 88 valence electrons. The van der Waals surface area contributed by atoms with E-state index in [1.165, 1.54) is 0 Å². The average molecular weight is 219 g/mol. The van der Waals surface area contributed by atoms with E-state index < -0.39 is 0 Å². The van der Waals surface area contributed by atoms with Gasteiger partial charge in [-0.15, -0.1) is 6.58 Å². The standard InChI is InChI=1S/C14H21NO/c1-5-6-11(3)15-12(4)13-9-10(2)7-8-14(13)16/h5,7-9,11-12,15-16H,1,6H2,2-4H3. The summed E-state index contributed by atoms with van der Waals surface area (Å²) in [7, 11) is 0. The second kappa shape index (κ2) is 5.71. The molecule has 0 amide bonds. The SMILES string of the molecule is C=CCC(C)NC(C)c1cc(C)ccc1O. The quantitative estimate of drug-likeness (QED) is 0.745. The molecule has 2 atom stereocenters. The summed E-state index contributed by atoms with van der Waals surface area (Å²) in [5, 5.41) is 13.2. The van der Waals surface area contributed by atoms with Crippen LogP contribution < -0.4 is 5.32 Å². The molecule has 0 spiro atoms. The number of phenolic OH excluding ortho intramolecular Hbond substituents is 1. The van der Waals surface area contributed by atoms with E-state index in [0.29, 0.717) is 11.8 Å². The molecule has 1 aromatic carbocycles. The Balaban J connectivity index is 2.75. The summed E-state index contributed by atoms with van der Waals surface area (Å²) >= 11 is 0. The molecular formula is C14H21NO. The molecule has 2 nitrogen and oxygen atoms in total. The van der Waals surface area contributed by atoms with Crippen LogP contribution in [0.3, 0.4) is 0 Å². The van der Waals surface area contributed by atoms with Crippen molar-refractivity contribution < 1.29 is 5.11 Å². The van der Waals surface area contributed by atoms with Crippen LogP contribution in [-0.2, 0) is 0 Å². The molecule has 0 heterocycles. The second-order valence-corrected chi connectivity index (χ2v) is 4.38. The van der Waals surface area contributed by atoms with E-state index >= 15 is 0 Å².